The van der Waals surface area contributed by atoms with Crippen molar-refractivity contribution < 1.29 is 9.59 Å². The minimum Gasteiger partial charge on any atom is -0.382 e. The lowest BCUT2D eigenvalue weighted by Crippen LogP contribution is -2.46. The van der Waals surface area contributed by atoms with Gasteiger partial charge in [-0.2, -0.15) is 0 Å². The molecule has 0 radical (unpaired) electrons. The molecule has 0 saturated carbocycles. The van der Waals surface area contributed by atoms with E-state index in [1.807, 2.05) is 29.2 Å². The lowest BCUT2D eigenvalue weighted by atomic mass is 10.0. The normalized spacial score (nSPS) is 20.5. The molecule has 2 saturated heterocycles. The fraction of sp³-hybridized carbons (Fsp3) is 0.522. The Labute approximate surface area is 177 Å². The molecule has 2 amide bonds. The standard InChI is InChI=1S/C23H31N5O2/c1-16-5-4-12-28(16)21(29)15-27-13-9-17(10-14-27)26-20-8-7-19(23(30)24-2)22-18(20)6-3-11-25-22/h3,6-8,11,16-17,26H,4-5,9-10,12-15H2,1-2H3,(H,24,30)/t16-/m1/s1. The average molecular weight is 410 g/mol. The number of aromatic nitrogens is 1. The smallest absolute Gasteiger partial charge is 0.253 e. The molecule has 7 nitrogen and oxygen atoms in total. The van der Waals surface area contributed by atoms with E-state index in [0.717, 1.165) is 56.4 Å². The van der Waals surface area contributed by atoms with Crippen LogP contribution < -0.4 is 10.6 Å². The molecule has 2 N–H and O–H groups in total. The minimum absolute atomic E-state index is 0.129. The van der Waals surface area contributed by atoms with Gasteiger partial charge in [-0.25, -0.2) is 0 Å². The first-order chi connectivity index (χ1) is 14.6. The highest BCUT2D eigenvalue weighted by atomic mass is 16.2. The first-order valence-electron chi connectivity index (χ1n) is 10.9. The molecule has 0 aliphatic carbocycles. The number of benzene rings is 1. The number of pyridine rings is 1. The van der Waals surface area contributed by atoms with Gasteiger partial charge in [0.1, 0.15) is 0 Å². The zero-order chi connectivity index (χ0) is 21.1. The van der Waals surface area contributed by atoms with Crippen LogP contribution in [0.5, 0.6) is 0 Å². The number of rotatable bonds is 5. The van der Waals surface area contributed by atoms with E-state index < -0.39 is 0 Å². The number of nitrogens with one attached hydrogen (secondary N) is 2. The Morgan fingerprint density at radius 1 is 1.13 bits per heavy atom. The van der Waals surface area contributed by atoms with Crippen molar-refractivity contribution in [2.45, 2.75) is 44.7 Å². The fourth-order valence-corrected chi connectivity index (χ4v) is 4.66. The van der Waals surface area contributed by atoms with Crippen LogP contribution in [-0.2, 0) is 4.79 Å². The third kappa shape index (κ3) is 4.26. The predicted octanol–water partition coefficient (Wildman–Crippen LogP) is 2.48. The van der Waals surface area contributed by atoms with Crippen molar-refractivity contribution in [3.63, 3.8) is 0 Å². The van der Waals surface area contributed by atoms with Crippen LogP contribution in [0.1, 0.15) is 43.0 Å². The molecule has 2 aliphatic rings. The van der Waals surface area contributed by atoms with Gasteiger partial charge in [0.05, 0.1) is 17.6 Å². The number of carbonyl (C=O) groups excluding carboxylic acids is 2. The highest BCUT2D eigenvalue weighted by Gasteiger charge is 2.28. The van der Waals surface area contributed by atoms with Crippen molar-refractivity contribution in [3.05, 3.63) is 36.0 Å². The van der Waals surface area contributed by atoms with Crippen LogP contribution in [0.4, 0.5) is 5.69 Å². The van der Waals surface area contributed by atoms with Gasteiger partial charge in [0, 0.05) is 56.0 Å². The fourth-order valence-electron chi connectivity index (χ4n) is 4.66. The van der Waals surface area contributed by atoms with E-state index in [2.05, 4.69) is 27.4 Å². The molecule has 160 valence electrons. The van der Waals surface area contributed by atoms with Crippen molar-refractivity contribution >= 4 is 28.4 Å². The number of hydrogen-bond donors (Lipinski definition) is 2. The maximum atomic E-state index is 12.6. The molecule has 2 aromatic rings. The van der Waals surface area contributed by atoms with Crippen molar-refractivity contribution in [1.29, 1.82) is 0 Å². The molecule has 30 heavy (non-hydrogen) atoms. The molecule has 1 aromatic carbocycles. The summed E-state index contributed by atoms with van der Waals surface area (Å²) in [5.41, 5.74) is 2.30. The molecule has 3 heterocycles. The first-order valence-corrected chi connectivity index (χ1v) is 10.9. The van der Waals surface area contributed by atoms with E-state index in [0.29, 0.717) is 29.7 Å². The van der Waals surface area contributed by atoms with E-state index in [4.69, 9.17) is 0 Å². The molecule has 4 rings (SSSR count). The Morgan fingerprint density at radius 2 is 1.93 bits per heavy atom. The Hall–Kier alpha value is -2.67. The Balaban J connectivity index is 1.38. The van der Waals surface area contributed by atoms with Crippen molar-refractivity contribution in [3.8, 4) is 0 Å². The van der Waals surface area contributed by atoms with E-state index >= 15 is 0 Å². The van der Waals surface area contributed by atoms with Crippen LogP contribution in [0.3, 0.4) is 0 Å². The Kier molecular flexibility index (Phi) is 6.18. The van der Waals surface area contributed by atoms with E-state index in [1.54, 1.807) is 13.2 Å². The van der Waals surface area contributed by atoms with Crippen molar-refractivity contribution in [2.75, 3.05) is 38.5 Å². The maximum absolute atomic E-state index is 12.6. The van der Waals surface area contributed by atoms with Crippen molar-refractivity contribution in [2.24, 2.45) is 0 Å². The van der Waals surface area contributed by atoms with Gasteiger partial charge in [0.2, 0.25) is 5.91 Å². The SMILES string of the molecule is CNC(=O)c1ccc(NC2CCN(CC(=O)N3CCC[C@H]3C)CC2)c2cccnc12. The number of fused-ring (bicyclic) bond motifs is 1. The van der Waals surface area contributed by atoms with Crippen LogP contribution in [0, 0.1) is 0 Å². The van der Waals surface area contributed by atoms with Crippen LogP contribution in [0.2, 0.25) is 0 Å². The van der Waals surface area contributed by atoms with Gasteiger partial charge < -0.3 is 15.5 Å². The summed E-state index contributed by atoms with van der Waals surface area (Å²) < 4.78 is 0. The topological polar surface area (TPSA) is 77.6 Å². The van der Waals surface area contributed by atoms with Crippen LogP contribution >= 0.6 is 0 Å². The van der Waals surface area contributed by atoms with Crippen molar-refractivity contribution in [1.82, 2.24) is 20.1 Å². The zero-order valence-electron chi connectivity index (χ0n) is 17.9. The average Bonchev–Trinajstić information content (AvgIpc) is 3.21. The summed E-state index contributed by atoms with van der Waals surface area (Å²) in [6.07, 6.45) is 5.94. The summed E-state index contributed by atoms with van der Waals surface area (Å²) >= 11 is 0. The quantitative estimate of drug-likeness (QED) is 0.793. The van der Waals surface area contributed by atoms with Gasteiger partial charge in [-0.3, -0.25) is 19.5 Å². The highest BCUT2D eigenvalue weighted by Crippen LogP contribution is 2.27. The minimum atomic E-state index is -0.129. The second kappa shape index (κ2) is 9.00. The summed E-state index contributed by atoms with van der Waals surface area (Å²) in [5, 5.41) is 7.29. The van der Waals surface area contributed by atoms with Gasteiger partial charge in [0.25, 0.3) is 5.91 Å². The highest BCUT2D eigenvalue weighted by molar-refractivity contribution is 6.08. The van der Waals surface area contributed by atoms with Gasteiger partial charge in [-0.15, -0.1) is 0 Å². The van der Waals surface area contributed by atoms with Gasteiger partial charge in [0.15, 0.2) is 0 Å². The van der Waals surface area contributed by atoms with Gasteiger partial charge >= 0.3 is 0 Å². The van der Waals surface area contributed by atoms with E-state index in [1.165, 1.54) is 0 Å². The molecule has 0 bridgehead atoms. The van der Waals surface area contributed by atoms with E-state index in [-0.39, 0.29) is 11.8 Å². The largest absolute Gasteiger partial charge is 0.382 e. The molecule has 7 heteroatoms. The second-order valence-electron chi connectivity index (χ2n) is 8.41. The molecular formula is C23H31N5O2. The lowest BCUT2D eigenvalue weighted by molar-refractivity contribution is -0.133. The molecule has 0 unspecified atom stereocenters. The maximum Gasteiger partial charge on any atom is 0.253 e. The number of anilines is 1. The van der Waals surface area contributed by atoms with Gasteiger partial charge in [-0.1, -0.05) is 0 Å². The van der Waals surface area contributed by atoms with Crippen LogP contribution in [0.15, 0.2) is 30.5 Å². The molecule has 2 fully saturated rings. The Morgan fingerprint density at radius 3 is 2.63 bits per heavy atom. The number of likely N-dealkylation sites (tertiary alicyclic amines) is 2. The van der Waals surface area contributed by atoms with Gasteiger partial charge in [-0.05, 0) is 56.9 Å². The van der Waals surface area contributed by atoms with Crippen LogP contribution in [0.25, 0.3) is 10.9 Å². The van der Waals surface area contributed by atoms with E-state index in [9.17, 15) is 9.59 Å². The number of piperidine rings is 1. The summed E-state index contributed by atoms with van der Waals surface area (Å²) in [5.74, 6) is 0.142. The number of nitrogens with zero attached hydrogens (tertiary/aromatic N) is 3. The zero-order valence-corrected chi connectivity index (χ0v) is 17.9. The summed E-state index contributed by atoms with van der Waals surface area (Å²) in [6.45, 7) is 5.42. The number of hydrogen-bond acceptors (Lipinski definition) is 5. The predicted molar refractivity (Wildman–Crippen MR) is 119 cm³/mol. The molecule has 2 aliphatic heterocycles. The molecule has 1 atom stereocenters. The second-order valence-corrected chi connectivity index (χ2v) is 8.41. The summed E-state index contributed by atoms with van der Waals surface area (Å²) in [4.78, 5) is 33.5. The molecule has 1 aromatic heterocycles. The third-order valence-corrected chi connectivity index (χ3v) is 6.42. The Bertz CT molecular complexity index is 923. The number of amides is 2. The molecular weight excluding hydrogens is 378 g/mol. The first kappa shape index (κ1) is 20.6. The molecule has 0 spiro atoms. The lowest BCUT2D eigenvalue weighted by Gasteiger charge is -2.34. The summed E-state index contributed by atoms with van der Waals surface area (Å²) in [6, 6.07) is 8.44. The van der Waals surface area contributed by atoms with Crippen LogP contribution in [-0.4, -0.2) is 71.9 Å². The monoisotopic (exact) mass is 409 g/mol. The number of carbonyl (C=O) groups is 2. The third-order valence-electron chi connectivity index (χ3n) is 6.42. The summed E-state index contributed by atoms with van der Waals surface area (Å²) in [7, 11) is 1.63.